The van der Waals surface area contributed by atoms with Crippen LogP contribution in [0.15, 0.2) is 36.9 Å². The molecule has 26 nitrogen and oxygen atoms in total. The predicted octanol–water partition coefficient (Wildman–Crippen LogP) is 2.02. The van der Waals surface area contributed by atoms with Gasteiger partial charge in [0.15, 0.2) is 17.7 Å². The van der Waals surface area contributed by atoms with Gasteiger partial charge in [0.1, 0.15) is 42.0 Å². The van der Waals surface area contributed by atoms with Gasteiger partial charge in [0, 0.05) is 36.8 Å². The van der Waals surface area contributed by atoms with Gasteiger partial charge in [-0.05, 0) is 76.3 Å². The molecule has 75 heavy (non-hydrogen) atoms. The summed E-state index contributed by atoms with van der Waals surface area (Å²) in [7, 11) is -17.7. The first kappa shape index (κ1) is 61.7. The van der Waals surface area contributed by atoms with Gasteiger partial charge in [-0.2, -0.15) is 0 Å². The number of anilines is 1. The number of imidazole rings is 1. The fourth-order valence-corrected chi connectivity index (χ4v) is 11.4. The van der Waals surface area contributed by atoms with Gasteiger partial charge in [0.05, 0.1) is 32.8 Å². The van der Waals surface area contributed by atoms with Gasteiger partial charge in [-0.15, -0.1) is 0 Å². The van der Waals surface area contributed by atoms with E-state index in [9.17, 15) is 67.8 Å². The number of Topliss-reactive ketones (excluding diaryl/α,β-unsaturated/α-hetero) is 1. The number of nitrogen functional groups attached to an aromatic ring is 1. The highest BCUT2D eigenvalue weighted by atomic mass is 31.3. The summed E-state index contributed by atoms with van der Waals surface area (Å²) in [5.74, 6) is -2.25. The monoisotopic (exact) mass is 1120 g/mol. The molecule has 7 N–H and O–H groups in total. The molecule has 3 heterocycles. The number of rotatable bonds is 34. The highest BCUT2D eigenvalue weighted by Crippen LogP contribution is 2.57. The van der Waals surface area contributed by atoms with Gasteiger partial charge in [-0.1, -0.05) is 70.2 Å². The van der Waals surface area contributed by atoms with Gasteiger partial charge in [-0.3, -0.25) is 32.9 Å². The van der Waals surface area contributed by atoms with Crippen molar-refractivity contribution in [1.29, 1.82) is 0 Å². The van der Waals surface area contributed by atoms with Crippen LogP contribution in [0.5, 0.6) is 0 Å². The van der Waals surface area contributed by atoms with Crippen molar-refractivity contribution in [3.63, 3.8) is 0 Å². The SMILES string of the molecule is CC(C)(CCCCCCc1ccccc1CCCCCC1(C(=O)CCNC(=O)CCNC(=O)C(O)C(C)(C)COP(=O)([O-])OP(=O)([O-])OCC2OC(n3cnc4c(N)ncnc43)C(O)C2OP(=O)([O-])[O-])CC1)C(=O)O. The number of ether oxygens (including phenoxy) is 1. The van der Waals surface area contributed by atoms with Crippen LogP contribution < -0.4 is 35.9 Å². The van der Waals surface area contributed by atoms with E-state index in [1.165, 1.54) is 25.0 Å². The van der Waals surface area contributed by atoms with Crippen molar-refractivity contribution < 1.29 is 90.4 Å². The molecule has 0 bridgehead atoms. The molecule has 2 amide bonds. The Balaban J connectivity index is 0.958. The zero-order valence-corrected chi connectivity index (χ0v) is 45.1. The number of phosphoric acid groups is 3. The zero-order valence-electron chi connectivity index (χ0n) is 42.4. The number of phosphoric ester groups is 3. The van der Waals surface area contributed by atoms with Gasteiger partial charge < -0.3 is 74.1 Å². The van der Waals surface area contributed by atoms with Crippen LogP contribution in [0.4, 0.5) is 5.82 Å². The lowest BCUT2D eigenvalue weighted by atomic mass is 9.87. The Hall–Kier alpha value is -4.10. The number of aliphatic hydroxyl groups excluding tert-OH is 2. The van der Waals surface area contributed by atoms with Gasteiger partial charge in [0.25, 0.3) is 15.6 Å². The van der Waals surface area contributed by atoms with Crippen molar-refractivity contribution in [2.24, 2.45) is 16.2 Å². The highest BCUT2D eigenvalue weighted by molar-refractivity contribution is 7.59. The molecule has 0 spiro atoms. The number of aryl methyl sites for hydroxylation is 2. The van der Waals surface area contributed by atoms with Crippen molar-refractivity contribution in [3.8, 4) is 0 Å². The molecule has 1 saturated heterocycles. The molecule has 1 aliphatic carbocycles. The summed E-state index contributed by atoms with van der Waals surface area (Å²) in [6.45, 7) is 3.51. The third-order valence-corrected chi connectivity index (χ3v) is 16.5. The molecular formula is C46H68N7O19P3-4. The number of aromatic nitrogens is 4. The fraction of sp³-hybridized carbons (Fsp3) is 0.674. The van der Waals surface area contributed by atoms with Crippen molar-refractivity contribution >= 4 is 64.0 Å². The third-order valence-electron chi connectivity index (χ3n) is 13.5. The number of nitrogens with zero attached hydrogens (tertiary/aromatic N) is 4. The van der Waals surface area contributed by atoms with E-state index in [0.29, 0.717) is 6.42 Å². The molecule has 2 fully saturated rings. The first-order valence-corrected chi connectivity index (χ1v) is 29.1. The molecule has 5 rings (SSSR count). The molecule has 29 heteroatoms. The summed E-state index contributed by atoms with van der Waals surface area (Å²) in [6.07, 6.45) is 4.37. The van der Waals surface area contributed by atoms with Crippen LogP contribution in [-0.4, -0.2) is 109 Å². The Bertz CT molecular complexity index is 2590. The Kier molecular flexibility index (Phi) is 21.8. The number of benzene rings is 1. The standard InChI is InChI=1S/C46H72N7O19P3/c1-44(2,43(59)60)20-12-6-5-8-14-30-16-10-11-17-31(30)15-9-7-13-21-46(22-23-46)33(54)18-24-48-34(55)19-25-49-41(58)38(57)45(3,4)27-69-75(66,67)72-74(64,65)68-26-32-37(71-73(61,62)63)36(56)42(70-32)53-29-52-35-39(47)50-28-51-40(35)53/h10-11,16-17,28-29,32,36-38,42,56-57H,5-9,12-15,18-27H2,1-4H3,(H,48,55)(H,49,58)(H,59,60)(H,64,65)(H,66,67)(H2,47,50,51)(H2,61,62,63)/p-4. The van der Waals surface area contributed by atoms with E-state index >= 15 is 0 Å². The number of nitrogens with two attached hydrogens (primary N) is 1. The number of amides is 2. The number of fused-ring (bicyclic) bond motifs is 1. The maximum Gasteiger partial charge on any atom is 0.309 e. The van der Waals surface area contributed by atoms with Crippen LogP contribution in [0.3, 0.4) is 0 Å². The molecule has 420 valence electrons. The Morgan fingerprint density at radius 3 is 2.12 bits per heavy atom. The number of carboxylic acids is 1. The Morgan fingerprint density at radius 2 is 1.49 bits per heavy atom. The average molecular weight is 1120 g/mol. The van der Waals surface area contributed by atoms with Crippen molar-refractivity contribution in [1.82, 2.24) is 30.2 Å². The molecule has 2 aromatic heterocycles. The number of hydrogen-bond acceptors (Lipinski definition) is 22. The summed E-state index contributed by atoms with van der Waals surface area (Å²) in [4.78, 5) is 110. The Labute approximate surface area is 434 Å². The number of hydrogen-bond donors (Lipinski definition) is 6. The number of unbranched alkanes of at least 4 members (excludes halogenated alkanes) is 5. The van der Waals surface area contributed by atoms with E-state index in [2.05, 4.69) is 67.7 Å². The van der Waals surface area contributed by atoms with E-state index in [4.69, 9.17) is 10.5 Å². The van der Waals surface area contributed by atoms with E-state index in [1.54, 1.807) is 13.8 Å². The second kappa shape index (κ2) is 26.5. The van der Waals surface area contributed by atoms with Gasteiger partial charge in [0.2, 0.25) is 11.8 Å². The zero-order chi connectivity index (χ0) is 55.4. The van der Waals surface area contributed by atoms with Crippen LogP contribution in [-0.2, 0) is 68.3 Å². The first-order valence-electron chi connectivity index (χ1n) is 24.7. The van der Waals surface area contributed by atoms with Crippen LogP contribution in [0.25, 0.3) is 11.2 Å². The van der Waals surface area contributed by atoms with Gasteiger partial charge in [-0.25, -0.2) is 19.3 Å². The summed E-state index contributed by atoms with van der Waals surface area (Å²) >= 11 is 0. The summed E-state index contributed by atoms with van der Waals surface area (Å²) < 4.78 is 61.1. The molecule has 7 unspecified atom stereocenters. The summed E-state index contributed by atoms with van der Waals surface area (Å²) in [6, 6.07) is 8.45. The minimum atomic E-state index is -5.94. The topological polar surface area (TPSA) is 412 Å². The molecule has 1 aliphatic heterocycles. The fourth-order valence-electron chi connectivity index (χ4n) is 8.66. The van der Waals surface area contributed by atoms with Crippen LogP contribution >= 0.6 is 23.5 Å². The van der Waals surface area contributed by atoms with Gasteiger partial charge >= 0.3 is 5.97 Å². The van der Waals surface area contributed by atoms with Crippen LogP contribution in [0.1, 0.15) is 129 Å². The molecule has 7 atom stereocenters. The number of aliphatic carboxylic acids is 1. The second-order valence-corrected chi connectivity index (χ2v) is 24.4. The normalized spacial score (nSPS) is 20.8. The number of nitrogens with one attached hydrogen (secondary N) is 2. The molecule has 1 saturated carbocycles. The highest BCUT2D eigenvalue weighted by Gasteiger charge is 2.49. The smallest absolute Gasteiger partial charge is 0.309 e. The molecule has 1 aromatic carbocycles. The molecule has 0 radical (unpaired) electrons. The first-order chi connectivity index (χ1) is 35.1. The lowest BCUT2D eigenvalue weighted by molar-refractivity contribution is -0.347. The summed E-state index contributed by atoms with van der Waals surface area (Å²) in [5.41, 5.74) is 5.68. The number of aliphatic hydroxyl groups is 2. The van der Waals surface area contributed by atoms with E-state index in [1.807, 2.05) is 0 Å². The van der Waals surface area contributed by atoms with E-state index < -0.39 is 95.9 Å². The number of carbonyl (C=O) groups excluding carboxylic acids is 3. The lowest BCUT2D eigenvalue weighted by Gasteiger charge is -2.36. The van der Waals surface area contributed by atoms with Crippen molar-refractivity contribution in [3.05, 3.63) is 48.0 Å². The largest absolute Gasteiger partial charge is 0.790 e. The minimum absolute atomic E-state index is 0.0250. The lowest BCUT2D eigenvalue weighted by Crippen LogP contribution is -2.46. The Morgan fingerprint density at radius 1 is 0.880 bits per heavy atom. The molecular weight excluding hydrogens is 1050 g/mol. The quantitative estimate of drug-likeness (QED) is 0.0368. The maximum atomic E-state index is 13.2. The average Bonchev–Trinajstić information content (AvgIpc) is 3.90. The second-order valence-electron chi connectivity index (χ2n) is 20.4. The molecule has 3 aromatic rings. The minimum Gasteiger partial charge on any atom is -0.790 e. The van der Waals surface area contributed by atoms with Crippen LogP contribution in [0.2, 0.25) is 0 Å². The molecule has 2 aliphatic rings. The maximum absolute atomic E-state index is 13.2. The van der Waals surface area contributed by atoms with E-state index in [-0.39, 0.29) is 54.1 Å². The third kappa shape index (κ3) is 18.5. The number of ketones is 1. The number of carbonyl (C=O) groups is 4. The summed E-state index contributed by atoms with van der Waals surface area (Å²) in [5, 5.41) is 35.9. The van der Waals surface area contributed by atoms with Crippen LogP contribution in [0, 0.1) is 16.2 Å². The van der Waals surface area contributed by atoms with Crippen molar-refractivity contribution in [2.75, 3.05) is 32.0 Å². The predicted molar refractivity (Wildman–Crippen MR) is 259 cm³/mol. The van der Waals surface area contributed by atoms with E-state index in [0.717, 1.165) is 94.3 Å². The number of carboxylic acid groups (broad SMARTS) is 1. The van der Waals surface area contributed by atoms with Crippen molar-refractivity contribution in [2.45, 2.75) is 155 Å².